The van der Waals surface area contributed by atoms with Gasteiger partial charge in [0, 0.05) is 28.2 Å². The molecule has 1 fully saturated rings. The number of ketones is 2. The minimum atomic E-state index is -0.648. The molecule has 2 amide bonds. The van der Waals surface area contributed by atoms with Gasteiger partial charge in [0.1, 0.15) is 0 Å². The van der Waals surface area contributed by atoms with Crippen LogP contribution in [0.4, 0.5) is 0 Å². The summed E-state index contributed by atoms with van der Waals surface area (Å²) in [5.41, 5.74) is 2.14. The minimum Gasteiger partial charge on any atom is -0.504 e. The molecule has 4 atom stereocenters. The Labute approximate surface area is 204 Å². The summed E-state index contributed by atoms with van der Waals surface area (Å²) in [6.07, 6.45) is 4.01. The van der Waals surface area contributed by atoms with E-state index in [-0.39, 0.29) is 47.2 Å². The second-order valence-corrected chi connectivity index (χ2v) is 10.8. The van der Waals surface area contributed by atoms with Crippen LogP contribution in [0.15, 0.2) is 52.6 Å². The minimum absolute atomic E-state index is 0.0324. The van der Waals surface area contributed by atoms with Gasteiger partial charge in [-0.2, -0.15) is 0 Å². The van der Waals surface area contributed by atoms with Gasteiger partial charge in [0.05, 0.1) is 18.9 Å². The molecule has 4 unspecified atom stereocenters. The van der Waals surface area contributed by atoms with Gasteiger partial charge >= 0.3 is 0 Å². The van der Waals surface area contributed by atoms with E-state index in [0.717, 1.165) is 5.57 Å². The van der Waals surface area contributed by atoms with Crippen molar-refractivity contribution in [2.24, 2.45) is 17.8 Å². The van der Waals surface area contributed by atoms with Gasteiger partial charge in [0.2, 0.25) is 11.8 Å². The maximum absolute atomic E-state index is 13.6. The van der Waals surface area contributed by atoms with Crippen molar-refractivity contribution in [2.75, 3.05) is 7.11 Å². The number of carbonyl (C=O) groups excluding carboxylic acids is 4. The molecule has 7 heteroatoms. The first-order chi connectivity index (χ1) is 16.5. The number of aromatic hydroxyl groups is 1. The van der Waals surface area contributed by atoms with Crippen molar-refractivity contribution < 1.29 is 29.0 Å². The molecular weight excluding hydrogens is 446 g/mol. The lowest BCUT2D eigenvalue weighted by Gasteiger charge is -2.42. The van der Waals surface area contributed by atoms with E-state index in [9.17, 15) is 24.3 Å². The molecule has 1 aromatic rings. The second-order valence-electron chi connectivity index (χ2n) is 10.8. The zero-order valence-electron chi connectivity index (χ0n) is 20.5. The van der Waals surface area contributed by atoms with Crippen molar-refractivity contribution in [3.05, 3.63) is 58.2 Å². The summed E-state index contributed by atoms with van der Waals surface area (Å²) in [5, 5.41) is 10.2. The summed E-state index contributed by atoms with van der Waals surface area (Å²) >= 11 is 0. The van der Waals surface area contributed by atoms with Crippen LogP contribution in [-0.4, -0.2) is 46.0 Å². The van der Waals surface area contributed by atoms with Crippen LogP contribution in [0.2, 0.25) is 0 Å². The van der Waals surface area contributed by atoms with Crippen molar-refractivity contribution in [1.82, 2.24) is 4.90 Å². The highest BCUT2D eigenvalue weighted by molar-refractivity contribution is 6.23. The molecule has 1 saturated heterocycles. The number of hydrogen-bond donors (Lipinski definition) is 1. The summed E-state index contributed by atoms with van der Waals surface area (Å²) < 4.78 is 5.32. The zero-order valence-corrected chi connectivity index (χ0v) is 20.5. The van der Waals surface area contributed by atoms with E-state index in [1.165, 1.54) is 24.2 Å². The molecule has 35 heavy (non-hydrogen) atoms. The molecule has 1 aromatic carbocycles. The van der Waals surface area contributed by atoms with Crippen LogP contribution in [0.25, 0.3) is 0 Å². The normalized spacial score (nSPS) is 28.4. The first-order valence-corrected chi connectivity index (χ1v) is 11.9. The van der Waals surface area contributed by atoms with Crippen molar-refractivity contribution in [3.63, 3.8) is 0 Å². The van der Waals surface area contributed by atoms with Gasteiger partial charge in [-0.25, -0.2) is 0 Å². The standard InChI is InChI=1S/C28H29NO6/c1-13-10-20(31)18-12-17-15(7-8-16-23(17)27(34)29(26(16)33)28(2,3)4)22(24(18)25(13)32)14-6-9-19(30)21(11-14)35-5/h6-7,9-11,16-17,22-23,30H,8,12H2,1-5H3. The summed E-state index contributed by atoms with van der Waals surface area (Å²) in [6, 6.07) is 4.90. The highest BCUT2D eigenvalue weighted by atomic mass is 16.5. The summed E-state index contributed by atoms with van der Waals surface area (Å²) in [7, 11) is 1.45. The topological polar surface area (TPSA) is 101 Å². The Hall–Kier alpha value is -3.48. The Morgan fingerprint density at radius 3 is 2.43 bits per heavy atom. The number of allylic oxidation sites excluding steroid dienone is 6. The second kappa shape index (κ2) is 7.77. The number of benzene rings is 1. The van der Waals surface area contributed by atoms with E-state index in [1.54, 1.807) is 19.1 Å². The Balaban J connectivity index is 1.69. The molecule has 7 nitrogen and oxygen atoms in total. The number of carbonyl (C=O) groups is 4. The Bertz CT molecular complexity index is 1290. The van der Waals surface area contributed by atoms with Gasteiger partial charge in [-0.3, -0.25) is 24.1 Å². The fourth-order valence-corrected chi connectivity index (χ4v) is 6.28. The molecule has 0 bridgehead atoms. The van der Waals surface area contributed by atoms with E-state index in [1.807, 2.05) is 26.8 Å². The lowest BCUT2D eigenvalue weighted by atomic mass is 9.59. The van der Waals surface area contributed by atoms with Gasteiger partial charge in [0.15, 0.2) is 23.1 Å². The third-order valence-corrected chi connectivity index (χ3v) is 7.77. The Kier molecular flexibility index (Phi) is 5.16. The summed E-state index contributed by atoms with van der Waals surface area (Å²) in [6.45, 7) is 7.17. The number of rotatable bonds is 2. The van der Waals surface area contributed by atoms with Crippen molar-refractivity contribution in [3.8, 4) is 11.5 Å². The van der Waals surface area contributed by atoms with Crippen LogP contribution in [0.5, 0.6) is 11.5 Å². The zero-order chi connectivity index (χ0) is 25.4. The molecule has 182 valence electrons. The number of nitrogens with zero attached hydrogens (tertiary/aromatic N) is 1. The number of methoxy groups -OCH3 is 1. The molecule has 3 aliphatic carbocycles. The number of hydrogen-bond acceptors (Lipinski definition) is 6. The molecule has 1 heterocycles. The lowest BCUT2D eigenvalue weighted by molar-refractivity contribution is -0.145. The number of likely N-dealkylation sites (tertiary alicyclic amines) is 1. The van der Waals surface area contributed by atoms with E-state index in [0.29, 0.717) is 28.7 Å². The average molecular weight is 476 g/mol. The van der Waals surface area contributed by atoms with Crippen molar-refractivity contribution in [2.45, 2.75) is 52.0 Å². The van der Waals surface area contributed by atoms with Gasteiger partial charge in [-0.05, 0) is 70.2 Å². The van der Waals surface area contributed by atoms with Crippen molar-refractivity contribution in [1.29, 1.82) is 0 Å². The maximum atomic E-state index is 13.6. The van der Waals surface area contributed by atoms with Gasteiger partial charge in [-0.15, -0.1) is 0 Å². The van der Waals surface area contributed by atoms with Crippen LogP contribution in [0, 0.1) is 17.8 Å². The summed E-state index contributed by atoms with van der Waals surface area (Å²) in [5.74, 6) is -2.56. The highest BCUT2D eigenvalue weighted by Gasteiger charge is 2.58. The van der Waals surface area contributed by atoms with Crippen LogP contribution in [0.3, 0.4) is 0 Å². The van der Waals surface area contributed by atoms with E-state index in [2.05, 4.69) is 0 Å². The van der Waals surface area contributed by atoms with E-state index >= 15 is 0 Å². The number of Topliss-reactive ketones (excluding diaryl/α,β-unsaturated/α-hetero) is 1. The van der Waals surface area contributed by atoms with Gasteiger partial charge < -0.3 is 9.84 Å². The molecule has 1 N–H and O–H groups in total. The average Bonchev–Trinajstić information content (AvgIpc) is 3.07. The maximum Gasteiger partial charge on any atom is 0.234 e. The SMILES string of the molecule is COc1cc(C2C3=CCC4C(=O)N(C(C)(C)C)C(=O)C4C3CC3=C2C(=O)C(C)=CC3=O)ccc1O. The van der Waals surface area contributed by atoms with E-state index in [4.69, 9.17) is 4.74 Å². The fourth-order valence-electron chi connectivity index (χ4n) is 6.28. The molecule has 4 aliphatic rings. The predicted octanol–water partition coefficient (Wildman–Crippen LogP) is 3.63. The lowest BCUT2D eigenvalue weighted by Crippen LogP contribution is -2.46. The van der Waals surface area contributed by atoms with Crippen LogP contribution in [-0.2, 0) is 19.2 Å². The van der Waals surface area contributed by atoms with Crippen LogP contribution >= 0.6 is 0 Å². The molecule has 0 spiro atoms. The first kappa shape index (κ1) is 23.3. The van der Waals surface area contributed by atoms with Crippen LogP contribution in [0.1, 0.15) is 52.0 Å². The quantitative estimate of drug-likeness (QED) is 0.398. The molecule has 0 radical (unpaired) electrons. The monoisotopic (exact) mass is 475 g/mol. The Morgan fingerprint density at radius 1 is 1.06 bits per heavy atom. The smallest absolute Gasteiger partial charge is 0.234 e. The third kappa shape index (κ3) is 3.32. The van der Waals surface area contributed by atoms with Gasteiger partial charge in [-0.1, -0.05) is 17.7 Å². The number of fused-ring (bicyclic) bond motifs is 3. The highest BCUT2D eigenvalue weighted by Crippen LogP contribution is 2.56. The number of imide groups is 1. The Morgan fingerprint density at radius 2 is 1.77 bits per heavy atom. The molecular formula is C28H29NO6. The van der Waals surface area contributed by atoms with Gasteiger partial charge in [0.25, 0.3) is 0 Å². The number of amides is 2. The predicted molar refractivity (Wildman–Crippen MR) is 128 cm³/mol. The number of ether oxygens (including phenoxy) is 1. The molecule has 0 saturated carbocycles. The van der Waals surface area contributed by atoms with Crippen LogP contribution < -0.4 is 4.74 Å². The number of phenols is 1. The number of phenolic OH excluding ortho intramolecular Hbond substituents is 1. The fraction of sp³-hybridized carbons (Fsp3) is 0.429. The molecule has 1 aliphatic heterocycles. The molecule has 5 rings (SSSR count). The van der Waals surface area contributed by atoms with Crippen molar-refractivity contribution >= 4 is 23.4 Å². The third-order valence-electron chi connectivity index (χ3n) is 7.77. The molecule has 0 aromatic heterocycles. The first-order valence-electron chi connectivity index (χ1n) is 11.9. The van der Waals surface area contributed by atoms with E-state index < -0.39 is 23.3 Å². The largest absolute Gasteiger partial charge is 0.504 e. The summed E-state index contributed by atoms with van der Waals surface area (Å²) in [4.78, 5) is 54.8.